The van der Waals surface area contributed by atoms with Crippen molar-refractivity contribution in [3.63, 3.8) is 0 Å². The van der Waals surface area contributed by atoms with Gasteiger partial charge >= 0.3 is 0 Å². The molecule has 100 valence electrons. The van der Waals surface area contributed by atoms with E-state index in [0.717, 1.165) is 27.1 Å². The van der Waals surface area contributed by atoms with Crippen molar-refractivity contribution in [2.75, 3.05) is 12.4 Å². The second kappa shape index (κ2) is 6.02. The van der Waals surface area contributed by atoms with Crippen LogP contribution in [0.3, 0.4) is 0 Å². The summed E-state index contributed by atoms with van der Waals surface area (Å²) in [5.41, 5.74) is 1.08. The summed E-state index contributed by atoms with van der Waals surface area (Å²) in [6, 6.07) is 3.97. The van der Waals surface area contributed by atoms with Crippen LogP contribution in [-0.4, -0.2) is 22.0 Å². The van der Waals surface area contributed by atoms with Gasteiger partial charge in [-0.15, -0.1) is 0 Å². The van der Waals surface area contributed by atoms with Gasteiger partial charge in [-0.1, -0.05) is 25.6 Å². The van der Waals surface area contributed by atoms with E-state index in [9.17, 15) is 0 Å². The molecule has 0 aliphatic heterocycles. The van der Waals surface area contributed by atoms with E-state index in [-0.39, 0.29) is 0 Å². The van der Waals surface area contributed by atoms with Gasteiger partial charge in [0.05, 0.1) is 0 Å². The van der Waals surface area contributed by atoms with Gasteiger partial charge in [0.25, 0.3) is 0 Å². The summed E-state index contributed by atoms with van der Waals surface area (Å²) in [5, 5.41) is 4.13. The molecule has 0 unspecified atom stereocenters. The van der Waals surface area contributed by atoms with Crippen LogP contribution >= 0.6 is 11.8 Å². The third kappa shape index (κ3) is 3.23. The van der Waals surface area contributed by atoms with Crippen molar-refractivity contribution in [3.8, 4) is 0 Å². The molecular weight excluding hydrogens is 256 g/mol. The molecule has 0 saturated heterocycles. The lowest BCUT2D eigenvalue weighted by Crippen LogP contribution is -2.06. The molecule has 0 aliphatic rings. The van der Waals surface area contributed by atoms with Crippen LogP contribution < -0.4 is 5.32 Å². The first-order chi connectivity index (χ1) is 9.11. The molecule has 0 aliphatic carbocycles. The average molecular weight is 274 g/mol. The number of aromatic nitrogens is 3. The van der Waals surface area contributed by atoms with E-state index in [1.54, 1.807) is 24.2 Å². The predicted octanol–water partition coefficient (Wildman–Crippen LogP) is 3.50. The fourth-order valence-electron chi connectivity index (χ4n) is 1.63. The molecule has 0 spiro atoms. The highest BCUT2D eigenvalue weighted by molar-refractivity contribution is 7.99. The van der Waals surface area contributed by atoms with E-state index in [0.29, 0.717) is 5.92 Å². The summed E-state index contributed by atoms with van der Waals surface area (Å²) in [6.07, 6.45) is 3.59. The van der Waals surface area contributed by atoms with Crippen LogP contribution in [0.15, 0.2) is 34.4 Å². The second-order valence-electron chi connectivity index (χ2n) is 4.55. The first kappa shape index (κ1) is 13.8. The molecule has 4 nitrogen and oxygen atoms in total. The van der Waals surface area contributed by atoms with Gasteiger partial charge in [-0.05, 0) is 19.1 Å². The Labute approximate surface area is 118 Å². The summed E-state index contributed by atoms with van der Waals surface area (Å²) in [4.78, 5) is 14.4. The number of rotatable bonds is 4. The zero-order valence-electron chi connectivity index (χ0n) is 11.6. The Morgan fingerprint density at radius 1 is 1.16 bits per heavy atom. The van der Waals surface area contributed by atoms with Crippen molar-refractivity contribution in [3.05, 3.63) is 35.9 Å². The normalized spacial score (nSPS) is 10.8. The average Bonchev–Trinajstić information content (AvgIpc) is 2.42. The van der Waals surface area contributed by atoms with E-state index >= 15 is 0 Å². The molecule has 0 aromatic carbocycles. The maximum Gasteiger partial charge on any atom is 0.134 e. The molecule has 19 heavy (non-hydrogen) atoms. The molecule has 2 heterocycles. The van der Waals surface area contributed by atoms with Crippen molar-refractivity contribution in [2.45, 2.75) is 36.6 Å². The molecule has 1 N–H and O–H groups in total. The van der Waals surface area contributed by atoms with Gasteiger partial charge in [-0.25, -0.2) is 9.97 Å². The zero-order valence-corrected chi connectivity index (χ0v) is 12.5. The fourth-order valence-corrected chi connectivity index (χ4v) is 2.50. The summed E-state index contributed by atoms with van der Waals surface area (Å²) in [7, 11) is 1.89. The van der Waals surface area contributed by atoms with Crippen LogP contribution in [0.2, 0.25) is 0 Å². The Hall–Kier alpha value is -1.62. The van der Waals surface area contributed by atoms with Gasteiger partial charge < -0.3 is 5.32 Å². The maximum absolute atomic E-state index is 4.67. The number of nitrogens with zero attached hydrogens (tertiary/aromatic N) is 3. The van der Waals surface area contributed by atoms with Crippen molar-refractivity contribution in [2.24, 2.45) is 0 Å². The predicted molar refractivity (Wildman–Crippen MR) is 78.8 cm³/mol. The highest BCUT2D eigenvalue weighted by Gasteiger charge is 2.13. The highest BCUT2D eigenvalue weighted by atomic mass is 32.2. The summed E-state index contributed by atoms with van der Waals surface area (Å²) in [6.45, 7) is 6.25. The number of pyridine rings is 1. The number of anilines is 1. The highest BCUT2D eigenvalue weighted by Crippen LogP contribution is 2.31. The topological polar surface area (TPSA) is 50.7 Å². The molecular formula is C14H18N4S. The van der Waals surface area contributed by atoms with E-state index in [1.807, 2.05) is 26.1 Å². The molecule has 0 bridgehead atoms. The lowest BCUT2D eigenvalue weighted by Gasteiger charge is -2.13. The van der Waals surface area contributed by atoms with Gasteiger partial charge in [0.2, 0.25) is 0 Å². The second-order valence-corrected chi connectivity index (χ2v) is 5.61. The van der Waals surface area contributed by atoms with Crippen LogP contribution in [0.4, 0.5) is 5.82 Å². The summed E-state index contributed by atoms with van der Waals surface area (Å²) < 4.78 is 0. The van der Waals surface area contributed by atoms with Crippen LogP contribution in [0.1, 0.15) is 31.2 Å². The fraction of sp³-hybridized carbons (Fsp3) is 0.357. The SMILES string of the molecule is CNc1nc(C(C)C)nc(Sc2ccncc2)c1C. The lowest BCUT2D eigenvalue weighted by atomic mass is 10.2. The van der Waals surface area contributed by atoms with Crippen LogP contribution in [0, 0.1) is 6.92 Å². The van der Waals surface area contributed by atoms with E-state index in [4.69, 9.17) is 0 Å². The van der Waals surface area contributed by atoms with E-state index < -0.39 is 0 Å². The van der Waals surface area contributed by atoms with Crippen molar-refractivity contribution < 1.29 is 0 Å². The third-order valence-electron chi connectivity index (χ3n) is 2.74. The van der Waals surface area contributed by atoms with Crippen molar-refractivity contribution >= 4 is 17.6 Å². The number of hydrogen-bond acceptors (Lipinski definition) is 5. The Morgan fingerprint density at radius 3 is 2.42 bits per heavy atom. The molecule has 0 saturated carbocycles. The molecule has 0 amide bonds. The van der Waals surface area contributed by atoms with Gasteiger partial charge in [0, 0.05) is 35.8 Å². The Balaban J connectivity index is 2.41. The summed E-state index contributed by atoms with van der Waals surface area (Å²) in [5.74, 6) is 2.08. The van der Waals surface area contributed by atoms with Gasteiger partial charge in [0.1, 0.15) is 16.7 Å². The van der Waals surface area contributed by atoms with Crippen LogP contribution in [-0.2, 0) is 0 Å². The first-order valence-corrected chi connectivity index (χ1v) is 7.07. The van der Waals surface area contributed by atoms with Crippen LogP contribution in [0.25, 0.3) is 0 Å². The van der Waals surface area contributed by atoms with E-state index in [2.05, 4.69) is 34.1 Å². The summed E-state index contributed by atoms with van der Waals surface area (Å²) >= 11 is 1.64. The van der Waals surface area contributed by atoms with Gasteiger partial charge in [-0.2, -0.15) is 0 Å². The smallest absolute Gasteiger partial charge is 0.134 e. The largest absolute Gasteiger partial charge is 0.373 e. The Kier molecular flexibility index (Phi) is 4.37. The third-order valence-corrected chi connectivity index (χ3v) is 3.83. The van der Waals surface area contributed by atoms with Gasteiger partial charge in [-0.3, -0.25) is 4.98 Å². The molecule has 0 atom stereocenters. The number of hydrogen-bond donors (Lipinski definition) is 1. The molecule has 5 heteroatoms. The zero-order chi connectivity index (χ0) is 13.8. The van der Waals surface area contributed by atoms with Crippen molar-refractivity contribution in [1.29, 1.82) is 0 Å². The quantitative estimate of drug-likeness (QED) is 0.865. The first-order valence-electron chi connectivity index (χ1n) is 6.26. The Bertz CT molecular complexity index is 555. The molecule has 2 rings (SSSR count). The molecule has 2 aromatic heterocycles. The minimum Gasteiger partial charge on any atom is -0.373 e. The molecule has 2 aromatic rings. The van der Waals surface area contributed by atoms with E-state index in [1.165, 1.54) is 0 Å². The minimum atomic E-state index is 0.310. The maximum atomic E-state index is 4.67. The standard InChI is InChI=1S/C14H18N4S/c1-9(2)12-17-13(15-4)10(3)14(18-12)19-11-5-7-16-8-6-11/h5-9H,1-4H3,(H,15,17,18). The monoisotopic (exact) mass is 274 g/mol. The molecule has 0 fully saturated rings. The van der Waals surface area contributed by atoms with Crippen molar-refractivity contribution in [1.82, 2.24) is 15.0 Å². The lowest BCUT2D eigenvalue weighted by molar-refractivity contribution is 0.750. The Morgan fingerprint density at radius 2 is 1.84 bits per heavy atom. The van der Waals surface area contributed by atoms with Gasteiger partial charge in [0.15, 0.2) is 0 Å². The number of nitrogens with one attached hydrogen (secondary N) is 1. The molecule has 0 radical (unpaired) electrons. The van der Waals surface area contributed by atoms with Crippen LogP contribution in [0.5, 0.6) is 0 Å². The minimum absolute atomic E-state index is 0.310.